The van der Waals surface area contributed by atoms with Gasteiger partial charge in [-0.25, -0.2) is 74.8 Å². The van der Waals surface area contributed by atoms with Gasteiger partial charge in [0.05, 0.1) is 30.2 Å². The van der Waals surface area contributed by atoms with Crippen LogP contribution in [0.3, 0.4) is 0 Å². The van der Waals surface area contributed by atoms with E-state index in [1.807, 2.05) is 239 Å². The van der Waals surface area contributed by atoms with Gasteiger partial charge < -0.3 is 0 Å². The van der Waals surface area contributed by atoms with Crippen LogP contribution in [-0.2, 0) is 5.41 Å². The molecule has 0 radical (unpaired) electrons. The molecule has 0 saturated heterocycles. The Labute approximate surface area is 890 Å². The molecule has 146 heavy (non-hydrogen) atoms. The maximum absolute atomic E-state index is 8.66. The number of fused-ring (bicyclic) bond motifs is 7. The van der Waals surface area contributed by atoms with Gasteiger partial charge in [0.2, 0.25) is 0 Å². The topological polar surface area (TPSA) is 193 Å². The first-order valence-electron chi connectivity index (χ1n) is 59.3. The summed E-state index contributed by atoms with van der Waals surface area (Å²) in [5.41, 5.74) is 15.0. The minimum Gasteiger partial charge on any atom is -0.213 e. The summed E-state index contributed by atoms with van der Waals surface area (Å²) < 4.78 is 184. The molecule has 6 aromatic heterocycles. The molecule has 0 aliphatic heterocycles. The number of hydrogen-bond donors (Lipinski definition) is 0. The van der Waals surface area contributed by atoms with Gasteiger partial charge in [0, 0.05) is 111 Å². The summed E-state index contributed by atoms with van der Waals surface area (Å²) in [6.45, 7) is 29.2. The third kappa shape index (κ3) is 22.0. The summed E-state index contributed by atoms with van der Waals surface area (Å²) in [6, 6.07) is 80.0. The molecule has 0 saturated carbocycles. The normalized spacial score (nSPS) is 13.9. The van der Waals surface area contributed by atoms with Gasteiger partial charge in [-0.1, -0.05) is 463 Å². The van der Waals surface area contributed by atoms with Crippen LogP contribution in [0.15, 0.2) is 394 Å². The molecule has 0 fully saturated rings. The Bertz CT molecular complexity index is 9730. The highest BCUT2D eigenvalue weighted by Gasteiger charge is 2.38. The molecule has 6 heterocycles. The Morgan fingerprint density at radius 2 is 0.555 bits per heavy atom. The van der Waals surface area contributed by atoms with Gasteiger partial charge in [0.15, 0.2) is 58.2 Å². The lowest BCUT2D eigenvalue weighted by Gasteiger charge is -2.24. The van der Waals surface area contributed by atoms with Crippen molar-refractivity contribution in [2.75, 3.05) is 0 Å². The maximum atomic E-state index is 8.66. The van der Waals surface area contributed by atoms with Gasteiger partial charge in [-0.15, -0.1) is 11.3 Å². The van der Waals surface area contributed by atoms with Crippen LogP contribution in [0.2, 0.25) is 0 Å². The smallest absolute Gasteiger partial charge is 0.165 e. The molecule has 16 heteroatoms. The largest absolute Gasteiger partial charge is 0.213 e. The zero-order valence-electron chi connectivity index (χ0n) is 105. The van der Waals surface area contributed by atoms with E-state index in [0.29, 0.717) is 114 Å². The van der Waals surface area contributed by atoms with Crippen molar-refractivity contribution in [1.82, 2.24) is 74.8 Å². The minimum absolute atomic E-state index is 0.00231. The standard InChI is InChI=1S/C29H25N3.C28H27N3.C25H21N3S.2C24H21N3/c1-19(2)27-30-28(24-16-15-21-10-4-5-11-22(21)18-24)32-29(31-27)26-14-7-6-13-25(26)23-12-8-9-20(3)17-23;1-17(2)25-29-26(19-11-8-10-18(3)16-19)31-27(30-25)22-14-9-13-21-20-12-6-7-15-23(20)28(4,5)24(21)22;1-15(2)23-26-24(17-9-6-8-16(3)14-17)28-25(27-23)20-12-7-11-19-18-10-4-5-13-21(18)29-22(19)20;1-17(2)22-25-23(19-13-7-4-8-14-19)27-24(26-22)21-16-10-9-15-20(21)18-11-5-3-6-12-18;1-17(2)22-25-23(20-11-7-4-8-12-20)27-24(26-22)21-15-13-19(14-16-21)18-9-5-3-6-10-18/h4-19H,1-3H3;6-17H,1-5H3;4-15H,1-3H3;2*3-17H,1-2H3/i8D,9D,12D,17D;8D,10D,11D,16D;6D,8D,9D,14D;3D,5D,6D,11D,12D;4D,7D,8D,11D,12D. The molecule has 23 rings (SSSR count). The maximum Gasteiger partial charge on any atom is 0.165 e. The van der Waals surface area contributed by atoms with Gasteiger partial charge in [0.1, 0.15) is 29.1 Å². The van der Waals surface area contributed by atoms with E-state index in [1.54, 1.807) is 50.3 Å². The van der Waals surface area contributed by atoms with Crippen LogP contribution >= 0.6 is 11.3 Å². The van der Waals surface area contributed by atoms with Gasteiger partial charge in [0.25, 0.3) is 0 Å². The number of rotatable bonds is 18. The van der Waals surface area contributed by atoms with Crippen molar-refractivity contribution in [1.29, 1.82) is 0 Å². The second kappa shape index (κ2) is 43.9. The molecule has 1 aliphatic rings. The second-order valence-electron chi connectivity index (χ2n) is 37.1. The second-order valence-corrected chi connectivity index (χ2v) is 38.2. The van der Waals surface area contributed by atoms with Crippen molar-refractivity contribution < 1.29 is 30.2 Å². The predicted molar refractivity (Wildman–Crippen MR) is 602 cm³/mol. The first kappa shape index (κ1) is 74.0. The van der Waals surface area contributed by atoms with Gasteiger partial charge in [-0.2, -0.15) is 0 Å². The summed E-state index contributed by atoms with van der Waals surface area (Å²) in [4.78, 5) is 70.1. The van der Waals surface area contributed by atoms with Crippen molar-refractivity contribution in [2.45, 2.75) is 139 Å². The van der Waals surface area contributed by atoms with Gasteiger partial charge in [-0.05, 0) is 117 Å². The highest BCUT2D eigenvalue weighted by molar-refractivity contribution is 7.26. The predicted octanol–water partition coefficient (Wildman–Crippen LogP) is 33.4. The molecule has 22 aromatic rings. The fraction of sp³-hybridized carbons (Fsp3) is 0.162. The molecule has 0 N–H and O–H groups in total. The number of thiophene rings is 1. The molecule has 1 aliphatic carbocycles. The molecule has 0 amide bonds. The average Bonchev–Trinajstić information content (AvgIpc) is 1.56. The summed E-state index contributed by atoms with van der Waals surface area (Å²) in [5.74, 6) is 6.71. The SMILES string of the molecule is [2H]c1c([2H])c(C)c([2H])c(-c2ccccc2-c2nc(-c3ccc4ccccc4c3)nc(C(C)C)n2)c1[2H].[2H]c1c([2H])c(C)c([2H])c(-c2nc(-c3cccc4c3C(C)(C)c3ccccc3-4)nc(C(C)C)n2)c1[2H].[2H]c1c([2H])c(C)c([2H])c(-c2nc(-c3cccc4c3sc3ccccc34)nc(C(C)C)n2)c1[2H].[2H]c1c([2H])c([2H])c(-c2ccccc2-c2nc(-c3ccccc3)nc(C(C)C)n2)c([2H])c1[2H].[2H]c1c([2H])c([2H])c(-c2nc(-c3ccc(-c4ccccc4)cc3)nc(C(C)C)n2)c([2H])c1[2H]. The number of aromatic nitrogens is 15. The van der Waals surface area contributed by atoms with E-state index in [1.165, 1.54) is 21.2 Å². The molecule has 0 atom stereocenters. The fourth-order valence-electron chi connectivity index (χ4n) is 17.0. The lowest BCUT2D eigenvalue weighted by atomic mass is 9.80. The number of hydrogen-bond acceptors (Lipinski definition) is 16. The molecule has 0 bridgehead atoms. The fourth-order valence-corrected chi connectivity index (χ4v) is 18.2. The van der Waals surface area contributed by atoms with E-state index in [2.05, 4.69) is 127 Å². The first-order valence-corrected chi connectivity index (χ1v) is 49.2. The van der Waals surface area contributed by atoms with Crippen LogP contribution in [-0.4, -0.2) is 74.8 Å². The van der Waals surface area contributed by atoms with Crippen LogP contribution in [0.25, 0.3) is 189 Å². The van der Waals surface area contributed by atoms with Crippen molar-refractivity contribution in [2.24, 2.45) is 0 Å². The molecule has 16 aromatic carbocycles. The van der Waals surface area contributed by atoms with Crippen molar-refractivity contribution in [3.8, 4) is 158 Å². The van der Waals surface area contributed by atoms with E-state index in [0.717, 1.165) is 70.9 Å². The molecule has 15 nitrogen and oxygen atoms in total. The van der Waals surface area contributed by atoms with Gasteiger partial charge in [-0.3, -0.25) is 0 Å². The molecular formula is C130H115N15S. The molecular weight excluding hydrogens is 1800 g/mol. The van der Waals surface area contributed by atoms with Crippen molar-refractivity contribution >= 4 is 42.3 Å². The summed E-state index contributed by atoms with van der Waals surface area (Å²) in [6.07, 6.45) is 0. The number of nitrogens with zero attached hydrogens (tertiary/aromatic N) is 15. The van der Waals surface area contributed by atoms with Crippen molar-refractivity contribution in [3.63, 3.8) is 0 Å². The monoisotopic (exact) mass is 1940 g/mol. The lowest BCUT2D eigenvalue weighted by Crippen LogP contribution is -2.17. The van der Waals surface area contributed by atoms with E-state index in [4.69, 9.17) is 65.0 Å². The zero-order valence-corrected chi connectivity index (χ0v) is 84.1. The van der Waals surface area contributed by atoms with E-state index < -0.39 is 24.2 Å². The van der Waals surface area contributed by atoms with Crippen LogP contribution in [0.4, 0.5) is 0 Å². The third-order valence-electron chi connectivity index (χ3n) is 24.4. The van der Waals surface area contributed by atoms with Crippen LogP contribution in [0, 0.1) is 20.8 Å². The minimum atomic E-state index is -0.446. The van der Waals surface area contributed by atoms with E-state index >= 15 is 0 Å². The van der Waals surface area contributed by atoms with Crippen LogP contribution in [0.1, 0.15) is 200 Å². The first-order chi connectivity index (χ1) is 80.1. The number of benzene rings is 16. The van der Waals surface area contributed by atoms with Crippen LogP contribution < -0.4 is 0 Å². The van der Waals surface area contributed by atoms with E-state index in [9.17, 15) is 0 Å². The summed E-state index contributed by atoms with van der Waals surface area (Å²) >= 11 is 1.68. The summed E-state index contributed by atoms with van der Waals surface area (Å²) in [5, 5.41) is 4.54. The molecule has 0 spiro atoms. The van der Waals surface area contributed by atoms with Crippen molar-refractivity contribution in [3.05, 3.63) is 451 Å². The van der Waals surface area contributed by atoms with Gasteiger partial charge >= 0.3 is 0 Å². The highest BCUT2D eigenvalue weighted by Crippen LogP contribution is 2.52. The Balaban J connectivity index is 0.000000129. The third-order valence-corrected chi connectivity index (χ3v) is 25.6. The molecule has 716 valence electrons. The Morgan fingerprint density at radius 3 is 1.08 bits per heavy atom. The average molecular weight is 1940 g/mol. The quantitative estimate of drug-likeness (QED) is 0.0787. The Hall–Kier alpha value is -17.0. The lowest BCUT2D eigenvalue weighted by molar-refractivity contribution is 0.660. The Morgan fingerprint density at radius 1 is 0.226 bits per heavy atom. The van der Waals surface area contributed by atoms with E-state index in [-0.39, 0.29) is 183 Å². The summed E-state index contributed by atoms with van der Waals surface area (Å²) in [7, 11) is 0. The van der Waals surface area contributed by atoms with Crippen LogP contribution in [0.5, 0.6) is 0 Å². The highest BCUT2D eigenvalue weighted by atomic mass is 32.1. The Kier molecular flexibility index (Phi) is 22.3. The zero-order chi connectivity index (χ0) is 120. The molecule has 0 unspecified atom stereocenters.